The summed E-state index contributed by atoms with van der Waals surface area (Å²) < 4.78 is 22.2. The van der Waals surface area contributed by atoms with Gasteiger partial charge >= 0.3 is 18.0 Å². The van der Waals surface area contributed by atoms with Gasteiger partial charge in [0.25, 0.3) is 0 Å². The summed E-state index contributed by atoms with van der Waals surface area (Å²) in [6.07, 6.45) is 0.317. The molecule has 0 saturated heterocycles. The Hall–Kier alpha value is -4.05. The topological polar surface area (TPSA) is 177 Å². The van der Waals surface area contributed by atoms with E-state index >= 15 is 0 Å². The van der Waals surface area contributed by atoms with Gasteiger partial charge in [-0.3, -0.25) is 5.43 Å². The first kappa shape index (κ1) is 30.5. The van der Waals surface area contributed by atoms with Crippen LogP contribution in [0.1, 0.15) is 31.0 Å². The zero-order chi connectivity index (χ0) is 29.2. The number of rotatable bonds is 13. The number of nitrogens with one attached hydrogen (secondary N) is 3. The smallest absolute Gasteiger partial charge is 0.341 e. The van der Waals surface area contributed by atoms with E-state index in [4.69, 9.17) is 24.1 Å². The van der Waals surface area contributed by atoms with Crippen molar-refractivity contribution in [3.05, 3.63) is 62.4 Å². The Bertz CT molecular complexity index is 1320. The molecule has 0 fully saturated rings. The molecule has 40 heavy (non-hydrogen) atoms. The van der Waals surface area contributed by atoms with Crippen molar-refractivity contribution in [2.45, 2.75) is 26.1 Å². The van der Waals surface area contributed by atoms with Crippen molar-refractivity contribution in [3.8, 4) is 17.2 Å². The first-order valence-electron chi connectivity index (χ1n) is 12.0. The van der Waals surface area contributed by atoms with Crippen molar-refractivity contribution >= 4 is 46.8 Å². The maximum atomic E-state index is 12.4. The SMILES string of the molecule is CCOc1cc([C@H]2NC(=O)NC(C)=C2C(=O)OC)ccc1OC[C@@H](O)N/N=C\c1ccc(OCC(=O)O)c(I)c1. The lowest BCUT2D eigenvalue weighted by atomic mass is 9.95. The fraction of sp³-hybridized carbons (Fsp3) is 0.308. The first-order chi connectivity index (χ1) is 19.1. The molecule has 0 aliphatic carbocycles. The highest BCUT2D eigenvalue weighted by Crippen LogP contribution is 2.35. The summed E-state index contributed by atoms with van der Waals surface area (Å²) in [6, 6.07) is 8.78. The number of urea groups is 1. The molecule has 2 amide bonds. The van der Waals surface area contributed by atoms with Gasteiger partial charge in [0.1, 0.15) is 12.4 Å². The molecule has 0 bridgehead atoms. The van der Waals surface area contributed by atoms with E-state index in [1.54, 1.807) is 50.2 Å². The second-order valence-corrected chi connectivity index (χ2v) is 9.45. The molecule has 2 aromatic carbocycles. The average molecular weight is 668 g/mol. The highest BCUT2D eigenvalue weighted by Gasteiger charge is 2.32. The van der Waals surface area contributed by atoms with E-state index in [1.165, 1.54) is 13.3 Å². The number of carbonyl (C=O) groups excluding carboxylic acids is 2. The van der Waals surface area contributed by atoms with Crippen molar-refractivity contribution in [3.63, 3.8) is 0 Å². The van der Waals surface area contributed by atoms with Gasteiger partial charge in [-0.15, -0.1) is 0 Å². The number of allylic oxidation sites excluding steroid dienone is 1. The number of aliphatic hydroxyl groups is 1. The Balaban J connectivity index is 1.65. The molecule has 5 N–H and O–H groups in total. The summed E-state index contributed by atoms with van der Waals surface area (Å²) >= 11 is 2.02. The van der Waals surface area contributed by atoms with Gasteiger partial charge < -0.3 is 39.8 Å². The van der Waals surface area contributed by atoms with E-state index in [9.17, 15) is 19.5 Å². The van der Waals surface area contributed by atoms with Crippen LogP contribution in [0.2, 0.25) is 0 Å². The fourth-order valence-corrected chi connectivity index (χ4v) is 4.37. The van der Waals surface area contributed by atoms with E-state index in [0.717, 1.165) is 0 Å². The van der Waals surface area contributed by atoms with Gasteiger partial charge in [0, 0.05) is 5.70 Å². The number of esters is 1. The van der Waals surface area contributed by atoms with E-state index in [2.05, 4.69) is 21.2 Å². The van der Waals surface area contributed by atoms with Crippen LogP contribution in [0.15, 0.2) is 52.8 Å². The largest absolute Gasteiger partial charge is 0.490 e. The maximum absolute atomic E-state index is 12.4. The number of aliphatic carboxylic acids is 1. The Morgan fingerprint density at radius 3 is 2.58 bits per heavy atom. The molecule has 1 aliphatic rings. The van der Waals surface area contributed by atoms with Gasteiger partial charge in [-0.2, -0.15) is 5.10 Å². The molecule has 0 saturated carbocycles. The molecule has 0 spiro atoms. The molecule has 0 radical (unpaired) electrons. The van der Waals surface area contributed by atoms with Gasteiger partial charge in [0.05, 0.1) is 35.1 Å². The quantitative estimate of drug-likeness (QED) is 0.0700. The molecular formula is C26H29IN4O9. The maximum Gasteiger partial charge on any atom is 0.341 e. The zero-order valence-electron chi connectivity index (χ0n) is 21.9. The molecule has 14 heteroatoms. The number of aliphatic hydroxyl groups excluding tert-OH is 1. The summed E-state index contributed by atoms with van der Waals surface area (Å²) in [5.74, 6) is -0.526. The van der Waals surface area contributed by atoms with Crippen LogP contribution in [-0.2, 0) is 14.3 Å². The Morgan fingerprint density at radius 2 is 1.90 bits per heavy atom. The lowest BCUT2D eigenvalue weighted by Crippen LogP contribution is -2.45. The second kappa shape index (κ2) is 14.4. The highest BCUT2D eigenvalue weighted by atomic mass is 127. The fourth-order valence-electron chi connectivity index (χ4n) is 3.67. The number of nitrogens with zero attached hydrogens (tertiary/aromatic N) is 1. The first-order valence-corrected chi connectivity index (χ1v) is 13.1. The monoisotopic (exact) mass is 668 g/mol. The second-order valence-electron chi connectivity index (χ2n) is 8.29. The summed E-state index contributed by atoms with van der Waals surface area (Å²) in [5.41, 5.74) is 4.47. The van der Waals surface area contributed by atoms with Crippen molar-refractivity contribution in [1.82, 2.24) is 16.1 Å². The minimum atomic E-state index is -1.16. The van der Waals surface area contributed by atoms with Crippen LogP contribution < -0.4 is 30.3 Å². The van der Waals surface area contributed by atoms with Crippen LogP contribution in [0.25, 0.3) is 0 Å². The van der Waals surface area contributed by atoms with Crippen LogP contribution in [0.3, 0.4) is 0 Å². The van der Waals surface area contributed by atoms with E-state index < -0.39 is 36.8 Å². The van der Waals surface area contributed by atoms with E-state index in [1.807, 2.05) is 22.6 Å². The van der Waals surface area contributed by atoms with E-state index in [0.29, 0.717) is 44.2 Å². The summed E-state index contributed by atoms with van der Waals surface area (Å²) in [6.45, 7) is 3.12. The van der Waals surface area contributed by atoms with Gasteiger partial charge in [-0.25, -0.2) is 14.4 Å². The molecular weight excluding hydrogens is 639 g/mol. The minimum absolute atomic E-state index is 0.174. The molecule has 214 valence electrons. The standard InChI is InChI=1S/C26H29IN4O9/c1-4-38-20-10-16(24-23(25(35)37-3)14(2)29-26(36)30-24)6-8-19(20)39-12-21(32)31-28-11-15-5-7-18(17(27)9-15)40-13-22(33)34/h5-11,21,24,31-32H,4,12-13H2,1-3H3,(H,33,34)(H2,29,30,36)/b28-11-/t21-,24-/m1/s1. The van der Waals surface area contributed by atoms with Gasteiger partial charge in [0.15, 0.2) is 24.3 Å². The predicted octanol–water partition coefficient (Wildman–Crippen LogP) is 2.28. The number of amides is 2. The normalized spacial score (nSPS) is 15.6. The van der Waals surface area contributed by atoms with E-state index in [-0.39, 0.29) is 12.2 Å². The summed E-state index contributed by atoms with van der Waals surface area (Å²) in [4.78, 5) is 35.1. The summed E-state index contributed by atoms with van der Waals surface area (Å²) in [5, 5.41) is 28.3. The van der Waals surface area contributed by atoms with Crippen molar-refractivity contribution in [2.24, 2.45) is 5.10 Å². The molecule has 0 aromatic heterocycles. The predicted molar refractivity (Wildman–Crippen MR) is 151 cm³/mol. The third-order valence-electron chi connectivity index (χ3n) is 5.42. The number of hydrogen-bond acceptors (Lipinski definition) is 10. The molecule has 2 aromatic rings. The lowest BCUT2D eigenvalue weighted by Gasteiger charge is -2.28. The average Bonchev–Trinajstić information content (AvgIpc) is 2.91. The molecule has 3 rings (SSSR count). The van der Waals surface area contributed by atoms with Crippen LogP contribution >= 0.6 is 22.6 Å². The molecule has 1 heterocycles. The Labute approximate surface area is 243 Å². The number of ether oxygens (including phenoxy) is 4. The number of carboxylic acids is 1. The highest BCUT2D eigenvalue weighted by molar-refractivity contribution is 14.1. The lowest BCUT2D eigenvalue weighted by molar-refractivity contribution is -0.139. The van der Waals surface area contributed by atoms with Crippen molar-refractivity contribution < 1.29 is 43.5 Å². The number of hydrogen-bond donors (Lipinski definition) is 5. The van der Waals surface area contributed by atoms with Gasteiger partial charge in [0.2, 0.25) is 0 Å². The summed E-state index contributed by atoms with van der Waals surface area (Å²) in [7, 11) is 1.26. The molecule has 0 unspecified atom stereocenters. The number of carbonyl (C=O) groups is 3. The third kappa shape index (κ3) is 8.22. The number of hydrazone groups is 1. The van der Waals surface area contributed by atoms with Crippen LogP contribution in [-0.4, -0.2) is 67.6 Å². The molecule has 13 nitrogen and oxygen atoms in total. The number of carboxylic acid groups (broad SMARTS) is 1. The minimum Gasteiger partial charge on any atom is -0.490 e. The number of methoxy groups -OCH3 is 1. The number of benzene rings is 2. The van der Waals surface area contributed by atoms with Crippen molar-refractivity contribution in [2.75, 3.05) is 26.9 Å². The number of halogens is 1. The van der Waals surface area contributed by atoms with Crippen LogP contribution in [0.5, 0.6) is 17.2 Å². The Morgan fingerprint density at radius 1 is 1.15 bits per heavy atom. The van der Waals surface area contributed by atoms with Gasteiger partial charge in [-0.1, -0.05) is 6.07 Å². The van der Waals surface area contributed by atoms with Crippen molar-refractivity contribution in [1.29, 1.82) is 0 Å². The van der Waals surface area contributed by atoms with Crippen LogP contribution in [0, 0.1) is 3.57 Å². The third-order valence-corrected chi connectivity index (χ3v) is 6.26. The van der Waals surface area contributed by atoms with Gasteiger partial charge in [-0.05, 0) is 77.9 Å². The molecule has 2 atom stereocenters. The zero-order valence-corrected chi connectivity index (χ0v) is 24.1. The molecule has 1 aliphatic heterocycles. The Kier molecular flexibility index (Phi) is 11.0. The van der Waals surface area contributed by atoms with Crippen LogP contribution in [0.4, 0.5) is 4.79 Å².